The predicted molar refractivity (Wildman–Crippen MR) is 79.8 cm³/mol. The first-order chi connectivity index (χ1) is 9.52. The van der Waals surface area contributed by atoms with Crippen LogP contribution in [0.3, 0.4) is 0 Å². The van der Waals surface area contributed by atoms with Crippen molar-refractivity contribution in [1.82, 2.24) is 4.90 Å². The molecular formula is C16H25NO3. The molecule has 1 atom stereocenters. The molecule has 0 bridgehead atoms. The molecule has 0 spiro atoms. The van der Waals surface area contributed by atoms with Gasteiger partial charge in [0.15, 0.2) is 11.5 Å². The zero-order valence-electron chi connectivity index (χ0n) is 12.8. The maximum Gasteiger partial charge on any atom is 0.165 e. The minimum Gasteiger partial charge on any atom is -0.485 e. The summed E-state index contributed by atoms with van der Waals surface area (Å²) in [7, 11) is 1.98. The maximum atomic E-state index is 8.95. The van der Waals surface area contributed by atoms with Crippen molar-refractivity contribution < 1.29 is 14.6 Å². The lowest BCUT2D eigenvalue weighted by molar-refractivity contribution is 0.0596. The van der Waals surface area contributed by atoms with E-state index in [1.165, 1.54) is 5.56 Å². The van der Waals surface area contributed by atoms with Crippen molar-refractivity contribution in [2.75, 3.05) is 33.4 Å². The summed E-state index contributed by atoms with van der Waals surface area (Å²) in [6, 6.07) is 4.22. The van der Waals surface area contributed by atoms with Crippen molar-refractivity contribution >= 4 is 0 Å². The first kappa shape index (κ1) is 15.1. The number of aliphatic hydroxyl groups excluding tert-OH is 1. The highest BCUT2D eigenvalue weighted by Crippen LogP contribution is 2.41. The van der Waals surface area contributed by atoms with Crippen molar-refractivity contribution in [3.05, 3.63) is 23.3 Å². The number of aryl methyl sites for hydroxylation is 1. The molecule has 112 valence electrons. The van der Waals surface area contributed by atoms with Gasteiger partial charge >= 0.3 is 0 Å². The molecule has 0 fully saturated rings. The van der Waals surface area contributed by atoms with Crippen LogP contribution in [0.2, 0.25) is 0 Å². The molecule has 4 nitrogen and oxygen atoms in total. The first-order valence-electron chi connectivity index (χ1n) is 7.25. The van der Waals surface area contributed by atoms with Gasteiger partial charge in [-0.05, 0) is 25.5 Å². The van der Waals surface area contributed by atoms with Crippen LogP contribution in [-0.4, -0.2) is 49.5 Å². The topological polar surface area (TPSA) is 41.9 Å². The molecule has 0 radical (unpaired) electrons. The number of benzene rings is 1. The Kier molecular flexibility index (Phi) is 4.89. The highest BCUT2D eigenvalue weighted by atomic mass is 16.6. The monoisotopic (exact) mass is 279 g/mol. The summed E-state index contributed by atoms with van der Waals surface area (Å²) in [6.07, 6.45) is 0.0140. The molecule has 4 heteroatoms. The lowest BCUT2D eigenvalue weighted by atomic mass is 9.99. The number of hydrogen-bond acceptors (Lipinski definition) is 4. The van der Waals surface area contributed by atoms with Crippen LogP contribution in [0.4, 0.5) is 0 Å². The Balaban J connectivity index is 2.15. The summed E-state index contributed by atoms with van der Waals surface area (Å²) in [6.45, 7) is 8.50. The van der Waals surface area contributed by atoms with Crippen LogP contribution in [0.1, 0.15) is 30.9 Å². The summed E-state index contributed by atoms with van der Waals surface area (Å²) in [4.78, 5) is 2.06. The number of aliphatic hydroxyl groups is 1. The molecule has 0 saturated carbocycles. The molecule has 0 amide bonds. The van der Waals surface area contributed by atoms with Gasteiger partial charge in [0.2, 0.25) is 0 Å². The Morgan fingerprint density at radius 1 is 1.35 bits per heavy atom. The molecule has 1 unspecified atom stereocenters. The van der Waals surface area contributed by atoms with Crippen molar-refractivity contribution in [2.45, 2.75) is 32.8 Å². The molecule has 1 heterocycles. The first-order valence-corrected chi connectivity index (χ1v) is 7.25. The summed E-state index contributed by atoms with van der Waals surface area (Å²) in [5.41, 5.74) is 2.31. The number of hydrogen-bond donors (Lipinski definition) is 1. The summed E-state index contributed by atoms with van der Waals surface area (Å²) in [5, 5.41) is 8.95. The Bertz CT molecular complexity index is 459. The molecule has 1 aliphatic rings. The summed E-state index contributed by atoms with van der Waals surface area (Å²) < 4.78 is 12.1. The van der Waals surface area contributed by atoms with Crippen molar-refractivity contribution in [2.24, 2.45) is 0 Å². The van der Waals surface area contributed by atoms with Crippen LogP contribution in [0.15, 0.2) is 12.1 Å². The Morgan fingerprint density at radius 3 is 2.75 bits per heavy atom. The number of rotatable bonds is 5. The van der Waals surface area contributed by atoms with Crippen molar-refractivity contribution in [3.63, 3.8) is 0 Å². The number of nitrogens with zero attached hydrogens (tertiary/aromatic N) is 1. The molecule has 1 aromatic carbocycles. The third-order valence-electron chi connectivity index (χ3n) is 3.66. The van der Waals surface area contributed by atoms with Crippen LogP contribution in [-0.2, 0) is 0 Å². The van der Waals surface area contributed by atoms with Gasteiger partial charge in [-0.2, -0.15) is 0 Å². The van der Waals surface area contributed by atoms with Crippen molar-refractivity contribution in [1.29, 1.82) is 0 Å². The van der Waals surface area contributed by atoms with Crippen LogP contribution < -0.4 is 9.47 Å². The van der Waals surface area contributed by atoms with E-state index in [2.05, 4.69) is 30.9 Å². The van der Waals surface area contributed by atoms with Crippen molar-refractivity contribution in [3.8, 4) is 11.5 Å². The second kappa shape index (κ2) is 6.46. The van der Waals surface area contributed by atoms with E-state index in [1.54, 1.807) is 0 Å². The van der Waals surface area contributed by atoms with E-state index in [9.17, 15) is 0 Å². The smallest absolute Gasteiger partial charge is 0.165 e. The van der Waals surface area contributed by atoms with Gasteiger partial charge in [-0.15, -0.1) is 0 Å². The fraction of sp³-hybridized carbons (Fsp3) is 0.625. The van der Waals surface area contributed by atoms with E-state index in [0.717, 1.165) is 23.6 Å². The van der Waals surface area contributed by atoms with Gasteiger partial charge in [-0.25, -0.2) is 0 Å². The van der Waals surface area contributed by atoms with Gasteiger partial charge < -0.3 is 19.5 Å². The molecule has 1 N–H and O–H groups in total. The largest absolute Gasteiger partial charge is 0.485 e. The molecule has 20 heavy (non-hydrogen) atoms. The zero-order valence-corrected chi connectivity index (χ0v) is 12.8. The van der Waals surface area contributed by atoms with E-state index in [0.29, 0.717) is 19.1 Å². The average molecular weight is 279 g/mol. The normalized spacial score (nSPS) is 17.9. The molecule has 1 aliphatic heterocycles. The van der Waals surface area contributed by atoms with Crippen LogP contribution >= 0.6 is 0 Å². The van der Waals surface area contributed by atoms with Crippen LogP contribution in [0.25, 0.3) is 0 Å². The highest BCUT2D eigenvalue weighted by molar-refractivity contribution is 5.53. The molecule has 2 rings (SSSR count). The molecule has 0 aliphatic carbocycles. The Morgan fingerprint density at radius 2 is 2.10 bits per heavy atom. The average Bonchev–Trinajstić information content (AvgIpc) is 2.39. The SMILES string of the molecule is Cc1ccc(C(C)C)c2c1OC(CN(C)CCO)CO2. The van der Waals surface area contributed by atoms with E-state index in [1.807, 2.05) is 14.0 Å². The summed E-state index contributed by atoms with van der Waals surface area (Å²) in [5.74, 6) is 2.20. The molecular weight excluding hydrogens is 254 g/mol. The van der Waals surface area contributed by atoms with Gasteiger partial charge in [0.05, 0.1) is 6.61 Å². The standard InChI is InChI=1S/C16H25NO3/c1-11(2)14-6-5-12(3)15-16(14)19-10-13(20-15)9-17(4)7-8-18/h5-6,11,13,18H,7-10H2,1-4H3. The van der Waals surface area contributed by atoms with Gasteiger partial charge in [0.1, 0.15) is 12.7 Å². The zero-order chi connectivity index (χ0) is 14.7. The second-order valence-corrected chi connectivity index (χ2v) is 5.82. The van der Waals surface area contributed by atoms with Crippen LogP contribution in [0.5, 0.6) is 11.5 Å². The fourth-order valence-electron chi connectivity index (χ4n) is 2.50. The second-order valence-electron chi connectivity index (χ2n) is 5.82. The van der Waals surface area contributed by atoms with E-state index in [-0.39, 0.29) is 12.7 Å². The third kappa shape index (κ3) is 3.25. The van der Waals surface area contributed by atoms with E-state index >= 15 is 0 Å². The predicted octanol–water partition coefficient (Wildman–Crippen LogP) is 2.18. The minimum atomic E-state index is 0.0140. The molecule has 1 aromatic rings. The minimum absolute atomic E-state index is 0.0140. The quantitative estimate of drug-likeness (QED) is 0.897. The van der Waals surface area contributed by atoms with Gasteiger partial charge in [-0.1, -0.05) is 26.0 Å². The number of fused-ring (bicyclic) bond motifs is 1. The lowest BCUT2D eigenvalue weighted by Crippen LogP contribution is -2.40. The van der Waals surface area contributed by atoms with Crippen LogP contribution in [0, 0.1) is 6.92 Å². The third-order valence-corrected chi connectivity index (χ3v) is 3.66. The number of likely N-dealkylation sites (N-methyl/N-ethyl adjacent to an activating group) is 1. The van der Waals surface area contributed by atoms with E-state index < -0.39 is 0 Å². The summed E-state index contributed by atoms with van der Waals surface area (Å²) >= 11 is 0. The maximum absolute atomic E-state index is 8.95. The Hall–Kier alpha value is -1.26. The van der Waals surface area contributed by atoms with Gasteiger partial charge in [-0.3, -0.25) is 0 Å². The molecule has 0 aromatic heterocycles. The van der Waals surface area contributed by atoms with Gasteiger partial charge in [0.25, 0.3) is 0 Å². The van der Waals surface area contributed by atoms with E-state index in [4.69, 9.17) is 14.6 Å². The Labute approximate surface area is 121 Å². The lowest BCUT2D eigenvalue weighted by Gasteiger charge is -2.32. The number of ether oxygens (including phenoxy) is 2. The highest BCUT2D eigenvalue weighted by Gasteiger charge is 2.26. The fourth-order valence-corrected chi connectivity index (χ4v) is 2.50. The molecule has 0 saturated heterocycles. The van der Waals surface area contributed by atoms with Gasteiger partial charge in [0, 0.05) is 18.7 Å².